The molecule has 100 valence electrons. The lowest BCUT2D eigenvalue weighted by Crippen LogP contribution is -1.97. The fourth-order valence-corrected chi connectivity index (χ4v) is 1.77. The molecule has 19 heavy (non-hydrogen) atoms. The largest absolute Gasteiger partial charge is 0.477 e. The van der Waals surface area contributed by atoms with E-state index in [9.17, 15) is 13.6 Å². The van der Waals surface area contributed by atoms with E-state index in [1.807, 2.05) is 0 Å². The highest BCUT2D eigenvalue weighted by Gasteiger charge is 2.17. The maximum absolute atomic E-state index is 13.7. The number of nitrogens with zero attached hydrogens (tertiary/aromatic N) is 1. The van der Waals surface area contributed by atoms with Crippen molar-refractivity contribution >= 4 is 5.97 Å². The SMILES string of the molecule is CC(C)c1cc(-c2cc(C(=O)O)[nH]n2)c(F)cc1F. The van der Waals surface area contributed by atoms with Gasteiger partial charge in [-0.05, 0) is 23.6 Å². The Morgan fingerprint density at radius 1 is 1.26 bits per heavy atom. The Hall–Kier alpha value is -2.24. The molecule has 0 aliphatic carbocycles. The van der Waals surface area contributed by atoms with Crippen molar-refractivity contribution < 1.29 is 18.7 Å². The molecule has 0 saturated heterocycles. The number of H-pyrrole nitrogens is 1. The summed E-state index contributed by atoms with van der Waals surface area (Å²) in [6, 6.07) is 3.36. The number of aromatic amines is 1. The van der Waals surface area contributed by atoms with Crippen molar-refractivity contribution in [3.05, 3.63) is 41.1 Å². The van der Waals surface area contributed by atoms with Gasteiger partial charge in [-0.25, -0.2) is 13.6 Å². The van der Waals surface area contributed by atoms with Crippen LogP contribution in [0.2, 0.25) is 0 Å². The first-order chi connectivity index (χ1) is 8.90. The number of nitrogens with one attached hydrogen (secondary N) is 1. The summed E-state index contributed by atoms with van der Waals surface area (Å²) in [5, 5.41) is 14.8. The van der Waals surface area contributed by atoms with E-state index in [1.165, 1.54) is 12.1 Å². The van der Waals surface area contributed by atoms with Gasteiger partial charge in [0.05, 0.1) is 5.69 Å². The number of carboxylic acid groups (broad SMARTS) is 1. The lowest BCUT2D eigenvalue weighted by Gasteiger charge is -2.09. The Bertz CT molecular complexity index is 636. The van der Waals surface area contributed by atoms with E-state index in [0.717, 1.165) is 6.07 Å². The molecule has 0 bridgehead atoms. The predicted molar refractivity (Wildman–Crippen MR) is 65.0 cm³/mol. The quantitative estimate of drug-likeness (QED) is 0.896. The summed E-state index contributed by atoms with van der Waals surface area (Å²) in [6.45, 7) is 3.57. The van der Waals surface area contributed by atoms with Crippen molar-refractivity contribution in [3.8, 4) is 11.3 Å². The first-order valence-corrected chi connectivity index (χ1v) is 5.68. The fourth-order valence-electron chi connectivity index (χ4n) is 1.77. The van der Waals surface area contributed by atoms with E-state index in [4.69, 9.17) is 5.11 Å². The van der Waals surface area contributed by atoms with Gasteiger partial charge in [0.2, 0.25) is 0 Å². The maximum Gasteiger partial charge on any atom is 0.353 e. The lowest BCUT2D eigenvalue weighted by atomic mass is 9.98. The van der Waals surface area contributed by atoms with E-state index in [1.54, 1.807) is 13.8 Å². The van der Waals surface area contributed by atoms with Crippen molar-refractivity contribution in [2.75, 3.05) is 0 Å². The number of benzene rings is 1. The average molecular weight is 266 g/mol. The molecule has 1 heterocycles. The van der Waals surface area contributed by atoms with Gasteiger partial charge in [0.25, 0.3) is 0 Å². The fraction of sp³-hybridized carbons (Fsp3) is 0.231. The van der Waals surface area contributed by atoms with Gasteiger partial charge in [0.15, 0.2) is 0 Å². The number of hydrogen-bond acceptors (Lipinski definition) is 2. The van der Waals surface area contributed by atoms with Crippen molar-refractivity contribution in [2.45, 2.75) is 19.8 Å². The lowest BCUT2D eigenvalue weighted by molar-refractivity contribution is 0.0690. The van der Waals surface area contributed by atoms with Crippen molar-refractivity contribution in [3.63, 3.8) is 0 Å². The van der Waals surface area contributed by atoms with Crippen LogP contribution in [0.5, 0.6) is 0 Å². The Labute approximate surface area is 108 Å². The number of carboxylic acids is 1. The zero-order valence-electron chi connectivity index (χ0n) is 10.4. The first kappa shape index (κ1) is 13.2. The average Bonchev–Trinajstić information content (AvgIpc) is 2.77. The molecular weight excluding hydrogens is 254 g/mol. The predicted octanol–water partition coefficient (Wildman–Crippen LogP) is 3.18. The molecule has 2 rings (SSSR count). The van der Waals surface area contributed by atoms with Gasteiger partial charge in [-0.2, -0.15) is 5.10 Å². The Balaban J connectivity index is 2.54. The number of rotatable bonds is 3. The molecule has 1 aromatic carbocycles. The van der Waals surface area contributed by atoms with Crippen LogP contribution in [0, 0.1) is 11.6 Å². The molecule has 0 aliphatic rings. The molecule has 2 N–H and O–H groups in total. The highest BCUT2D eigenvalue weighted by molar-refractivity contribution is 5.86. The number of aromatic nitrogens is 2. The highest BCUT2D eigenvalue weighted by atomic mass is 19.1. The zero-order chi connectivity index (χ0) is 14.2. The minimum Gasteiger partial charge on any atom is -0.477 e. The second-order valence-electron chi connectivity index (χ2n) is 4.48. The van der Waals surface area contributed by atoms with Crippen molar-refractivity contribution in [1.82, 2.24) is 10.2 Å². The number of aromatic carboxylic acids is 1. The minimum atomic E-state index is -1.19. The molecule has 0 fully saturated rings. The van der Waals surface area contributed by atoms with E-state index in [2.05, 4.69) is 10.2 Å². The van der Waals surface area contributed by atoms with Crippen LogP contribution >= 0.6 is 0 Å². The van der Waals surface area contributed by atoms with Gasteiger partial charge >= 0.3 is 5.97 Å². The Kier molecular flexibility index (Phi) is 3.33. The second kappa shape index (κ2) is 4.79. The molecule has 0 amide bonds. The smallest absolute Gasteiger partial charge is 0.353 e. The van der Waals surface area contributed by atoms with Crippen LogP contribution < -0.4 is 0 Å². The minimum absolute atomic E-state index is 0.0776. The third-order valence-electron chi connectivity index (χ3n) is 2.79. The van der Waals surface area contributed by atoms with Crippen LogP contribution in [-0.2, 0) is 0 Å². The summed E-state index contributed by atoms with van der Waals surface area (Å²) in [7, 11) is 0. The summed E-state index contributed by atoms with van der Waals surface area (Å²) < 4.78 is 27.3. The zero-order valence-corrected chi connectivity index (χ0v) is 10.4. The van der Waals surface area contributed by atoms with E-state index in [0.29, 0.717) is 5.56 Å². The van der Waals surface area contributed by atoms with Crippen LogP contribution in [0.25, 0.3) is 11.3 Å². The van der Waals surface area contributed by atoms with E-state index >= 15 is 0 Å². The van der Waals surface area contributed by atoms with Crippen molar-refractivity contribution in [2.24, 2.45) is 0 Å². The van der Waals surface area contributed by atoms with Crippen LogP contribution in [-0.4, -0.2) is 21.3 Å². The third kappa shape index (κ3) is 2.47. The van der Waals surface area contributed by atoms with Crippen molar-refractivity contribution in [1.29, 1.82) is 0 Å². The van der Waals surface area contributed by atoms with Gasteiger partial charge in [-0.15, -0.1) is 0 Å². The molecule has 0 saturated carbocycles. The molecule has 4 nitrogen and oxygen atoms in total. The molecule has 0 aliphatic heterocycles. The van der Waals surface area contributed by atoms with Gasteiger partial charge in [-0.1, -0.05) is 13.8 Å². The maximum atomic E-state index is 13.7. The van der Waals surface area contributed by atoms with Crippen LogP contribution in [0.1, 0.15) is 35.8 Å². The van der Waals surface area contributed by atoms with Crippen LogP contribution in [0.15, 0.2) is 18.2 Å². The topological polar surface area (TPSA) is 66.0 Å². The standard InChI is InChI=1S/C13H12F2N2O2/c1-6(2)7-3-8(10(15)4-9(7)14)11-5-12(13(18)19)17-16-11/h3-6H,1-2H3,(H,16,17)(H,18,19). The van der Waals surface area contributed by atoms with Gasteiger partial charge in [-0.3, -0.25) is 5.10 Å². The third-order valence-corrected chi connectivity index (χ3v) is 2.79. The molecule has 6 heteroatoms. The number of carbonyl (C=O) groups is 1. The first-order valence-electron chi connectivity index (χ1n) is 5.68. The Morgan fingerprint density at radius 3 is 2.47 bits per heavy atom. The molecule has 0 radical (unpaired) electrons. The van der Waals surface area contributed by atoms with Crippen LogP contribution in [0.3, 0.4) is 0 Å². The monoisotopic (exact) mass is 266 g/mol. The summed E-state index contributed by atoms with van der Waals surface area (Å²) in [5.74, 6) is -2.70. The number of hydrogen-bond donors (Lipinski definition) is 2. The molecule has 0 atom stereocenters. The van der Waals surface area contributed by atoms with E-state index < -0.39 is 17.6 Å². The summed E-state index contributed by atoms with van der Waals surface area (Å²) in [6.07, 6.45) is 0. The normalized spacial score (nSPS) is 11.0. The molecular formula is C13H12F2N2O2. The molecule has 0 unspecified atom stereocenters. The summed E-state index contributed by atoms with van der Waals surface area (Å²) in [5.41, 5.74) is 0.423. The molecule has 2 aromatic rings. The summed E-state index contributed by atoms with van der Waals surface area (Å²) >= 11 is 0. The number of halogens is 2. The van der Waals surface area contributed by atoms with E-state index in [-0.39, 0.29) is 22.9 Å². The van der Waals surface area contributed by atoms with Gasteiger partial charge < -0.3 is 5.11 Å². The molecule has 0 spiro atoms. The Morgan fingerprint density at radius 2 is 1.95 bits per heavy atom. The summed E-state index contributed by atoms with van der Waals surface area (Å²) in [4.78, 5) is 10.7. The van der Waals surface area contributed by atoms with Gasteiger partial charge in [0, 0.05) is 11.6 Å². The van der Waals surface area contributed by atoms with Crippen LogP contribution in [0.4, 0.5) is 8.78 Å². The highest BCUT2D eigenvalue weighted by Crippen LogP contribution is 2.28. The van der Waals surface area contributed by atoms with Gasteiger partial charge in [0.1, 0.15) is 17.3 Å². The second-order valence-corrected chi connectivity index (χ2v) is 4.48. The molecule has 1 aromatic heterocycles.